The minimum absolute atomic E-state index is 0.125. The summed E-state index contributed by atoms with van der Waals surface area (Å²) in [4.78, 5) is 47.8. The molecule has 12 heteroatoms. The fraction of sp³-hybridized carbons (Fsp3) is 0.750. The highest BCUT2D eigenvalue weighted by atomic mass is 32.1. The number of carbonyl (C=O) groups is 4. The van der Waals surface area contributed by atoms with Gasteiger partial charge in [-0.2, -0.15) is 12.6 Å². The lowest BCUT2D eigenvalue weighted by Gasteiger charge is -2.24. The van der Waals surface area contributed by atoms with Crippen molar-refractivity contribution in [3.8, 4) is 0 Å². The molecule has 0 spiro atoms. The van der Waals surface area contributed by atoms with E-state index >= 15 is 0 Å². The zero-order valence-corrected chi connectivity index (χ0v) is 16.9. The van der Waals surface area contributed by atoms with E-state index in [9.17, 15) is 24.3 Å². The summed E-state index contributed by atoms with van der Waals surface area (Å²) in [6.07, 6.45) is 0.151. The molecular formula is C16H31N5O6S. The van der Waals surface area contributed by atoms with Crippen LogP contribution in [0.5, 0.6) is 0 Å². The van der Waals surface area contributed by atoms with Crippen LogP contribution in [0.3, 0.4) is 0 Å². The Balaban J connectivity index is 5.11. The lowest BCUT2D eigenvalue weighted by atomic mass is 10.1. The van der Waals surface area contributed by atoms with Gasteiger partial charge in [-0.05, 0) is 39.7 Å². The molecule has 0 aliphatic carbocycles. The van der Waals surface area contributed by atoms with E-state index < -0.39 is 54.0 Å². The number of hydrogen-bond donors (Lipinski definition) is 8. The van der Waals surface area contributed by atoms with E-state index in [0.29, 0.717) is 19.4 Å². The van der Waals surface area contributed by atoms with Gasteiger partial charge in [0.05, 0.1) is 12.1 Å². The van der Waals surface area contributed by atoms with Gasteiger partial charge in [0.15, 0.2) is 6.04 Å². The summed E-state index contributed by atoms with van der Waals surface area (Å²) < 4.78 is 0. The van der Waals surface area contributed by atoms with Crippen LogP contribution in [0.15, 0.2) is 0 Å². The van der Waals surface area contributed by atoms with Gasteiger partial charge in [0.2, 0.25) is 17.7 Å². The number of hydrogen-bond acceptors (Lipinski definition) is 8. The quantitative estimate of drug-likeness (QED) is 0.116. The maximum Gasteiger partial charge on any atom is 0.328 e. The zero-order chi connectivity index (χ0) is 21.9. The summed E-state index contributed by atoms with van der Waals surface area (Å²) in [6.45, 7) is 3.10. The Morgan fingerprint density at radius 1 is 0.964 bits per heavy atom. The first-order chi connectivity index (χ1) is 13.0. The minimum Gasteiger partial charge on any atom is -0.480 e. The van der Waals surface area contributed by atoms with Gasteiger partial charge in [-0.15, -0.1) is 0 Å². The first kappa shape index (κ1) is 26.1. The molecule has 0 aliphatic heterocycles. The maximum atomic E-state index is 12.5. The molecule has 11 nitrogen and oxygen atoms in total. The first-order valence-corrected chi connectivity index (χ1v) is 9.56. The van der Waals surface area contributed by atoms with Crippen LogP contribution in [0.25, 0.3) is 0 Å². The molecule has 162 valence electrons. The molecule has 5 unspecified atom stereocenters. The molecule has 0 fully saturated rings. The molecule has 9 N–H and O–H groups in total. The van der Waals surface area contributed by atoms with Gasteiger partial charge in [-0.1, -0.05) is 0 Å². The molecule has 0 aromatic carbocycles. The third-order valence-electron chi connectivity index (χ3n) is 3.86. The van der Waals surface area contributed by atoms with Crippen molar-refractivity contribution in [1.82, 2.24) is 16.0 Å². The summed E-state index contributed by atoms with van der Waals surface area (Å²) >= 11 is 4.00. The summed E-state index contributed by atoms with van der Waals surface area (Å²) in [6, 6.07) is -4.46. The van der Waals surface area contributed by atoms with Crippen LogP contribution in [0, 0.1) is 0 Å². The highest BCUT2D eigenvalue weighted by molar-refractivity contribution is 7.80. The maximum absolute atomic E-state index is 12.5. The van der Waals surface area contributed by atoms with Gasteiger partial charge < -0.3 is 37.6 Å². The number of amides is 3. The van der Waals surface area contributed by atoms with Crippen LogP contribution in [-0.4, -0.2) is 76.5 Å². The molecule has 0 saturated heterocycles. The SMILES string of the molecule is CC(N)C(=O)NC(CCCCN)C(=O)NC(CS)C(=O)NC(C(=O)O)C(C)O. The topological polar surface area (TPSA) is 197 Å². The van der Waals surface area contributed by atoms with E-state index in [1.807, 2.05) is 0 Å². The van der Waals surface area contributed by atoms with Gasteiger partial charge in [0.1, 0.15) is 12.1 Å². The van der Waals surface area contributed by atoms with Gasteiger partial charge in [0, 0.05) is 5.75 Å². The number of aliphatic hydroxyl groups excluding tert-OH is 1. The molecule has 0 aliphatic rings. The van der Waals surface area contributed by atoms with Crippen molar-refractivity contribution in [3.05, 3.63) is 0 Å². The Hall–Kier alpha value is -1.89. The van der Waals surface area contributed by atoms with E-state index in [1.165, 1.54) is 13.8 Å². The van der Waals surface area contributed by atoms with E-state index in [-0.39, 0.29) is 12.2 Å². The van der Waals surface area contributed by atoms with Gasteiger partial charge in [-0.25, -0.2) is 4.79 Å². The Labute approximate surface area is 169 Å². The van der Waals surface area contributed by atoms with Gasteiger partial charge >= 0.3 is 5.97 Å². The number of carboxylic acid groups (broad SMARTS) is 1. The summed E-state index contributed by atoms with van der Waals surface area (Å²) in [5, 5.41) is 25.6. The molecule has 28 heavy (non-hydrogen) atoms. The largest absolute Gasteiger partial charge is 0.480 e. The van der Waals surface area contributed by atoms with Crippen LogP contribution in [-0.2, 0) is 19.2 Å². The number of thiol groups is 1. The molecule has 0 rings (SSSR count). The molecule has 0 bridgehead atoms. The number of carbonyl (C=O) groups excluding carboxylic acids is 3. The van der Waals surface area contributed by atoms with Crippen LogP contribution in [0.1, 0.15) is 33.1 Å². The van der Waals surface area contributed by atoms with Crippen LogP contribution < -0.4 is 27.4 Å². The van der Waals surface area contributed by atoms with Crippen molar-refractivity contribution < 1.29 is 29.4 Å². The predicted octanol–water partition coefficient (Wildman–Crippen LogP) is -2.69. The monoisotopic (exact) mass is 421 g/mol. The zero-order valence-electron chi connectivity index (χ0n) is 16.1. The summed E-state index contributed by atoms with van der Waals surface area (Å²) in [7, 11) is 0. The molecule has 0 saturated carbocycles. The fourth-order valence-electron chi connectivity index (χ4n) is 2.17. The van der Waals surface area contributed by atoms with Crippen molar-refractivity contribution in [2.24, 2.45) is 11.5 Å². The number of nitrogens with one attached hydrogen (secondary N) is 3. The first-order valence-electron chi connectivity index (χ1n) is 8.93. The van der Waals surface area contributed by atoms with Crippen molar-refractivity contribution >= 4 is 36.3 Å². The number of rotatable bonds is 13. The Bertz CT molecular complexity index is 546. The van der Waals surface area contributed by atoms with E-state index in [1.54, 1.807) is 0 Å². The van der Waals surface area contributed by atoms with E-state index in [0.717, 1.165) is 0 Å². The Morgan fingerprint density at radius 3 is 1.93 bits per heavy atom. The van der Waals surface area contributed by atoms with Crippen molar-refractivity contribution in [2.45, 2.75) is 63.4 Å². The average molecular weight is 422 g/mol. The highest BCUT2D eigenvalue weighted by Crippen LogP contribution is 2.03. The Kier molecular flexibility index (Phi) is 12.4. The number of carboxylic acids is 1. The van der Waals surface area contributed by atoms with Crippen molar-refractivity contribution in [2.75, 3.05) is 12.3 Å². The molecule has 3 amide bonds. The second-order valence-electron chi connectivity index (χ2n) is 6.44. The van der Waals surface area contributed by atoms with Gasteiger partial charge in [-0.3, -0.25) is 14.4 Å². The number of unbranched alkanes of at least 4 members (excludes halogenated alkanes) is 1. The third kappa shape index (κ3) is 9.35. The molecule has 0 aromatic rings. The Morgan fingerprint density at radius 2 is 1.50 bits per heavy atom. The number of aliphatic carboxylic acids is 1. The number of aliphatic hydroxyl groups is 1. The summed E-state index contributed by atoms with van der Waals surface area (Å²) in [5.41, 5.74) is 10.9. The second-order valence-corrected chi connectivity index (χ2v) is 6.81. The third-order valence-corrected chi connectivity index (χ3v) is 4.22. The lowest BCUT2D eigenvalue weighted by molar-refractivity contribution is -0.145. The molecular weight excluding hydrogens is 390 g/mol. The average Bonchev–Trinajstić information content (AvgIpc) is 2.62. The normalized spacial score (nSPS) is 16.2. The molecule has 0 heterocycles. The number of nitrogens with two attached hydrogens (primary N) is 2. The standard InChI is InChI=1S/C16H31N5O6S/c1-8(18)13(23)19-10(5-3-4-6-17)14(24)20-11(7-28)15(25)21-12(9(2)22)16(26)27/h8-12,22,28H,3-7,17-18H2,1-2H3,(H,19,23)(H,20,24)(H,21,25)(H,26,27). The van der Waals surface area contributed by atoms with E-state index in [2.05, 4.69) is 28.6 Å². The van der Waals surface area contributed by atoms with Crippen molar-refractivity contribution in [3.63, 3.8) is 0 Å². The molecule has 5 atom stereocenters. The van der Waals surface area contributed by atoms with Crippen LogP contribution in [0.4, 0.5) is 0 Å². The molecule has 0 radical (unpaired) electrons. The van der Waals surface area contributed by atoms with Crippen molar-refractivity contribution in [1.29, 1.82) is 0 Å². The fourth-order valence-corrected chi connectivity index (χ4v) is 2.43. The second kappa shape index (κ2) is 13.3. The molecule has 0 aromatic heterocycles. The van der Waals surface area contributed by atoms with Crippen LogP contribution >= 0.6 is 12.6 Å². The predicted molar refractivity (Wildman–Crippen MR) is 106 cm³/mol. The smallest absolute Gasteiger partial charge is 0.328 e. The van der Waals surface area contributed by atoms with E-state index in [4.69, 9.17) is 16.6 Å². The highest BCUT2D eigenvalue weighted by Gasteiger charge is 2.30. The lowest BCUT2D eigenvalue weighted by Crippen LogP contribution is -2.58. The van der Waals surface area contributed by atoms with Gasteiger partial charge in [0.25, 0.3) is 0 Å². The minimum atomic E-state index is -1.54. The summed E-state index contributed by atoms with van der Waals surface area (Å²) in [5.74, 6) is -3.53. The van der Waals surface area contributed by atoms with Crippen LogP contribution in [0.2, 0.25) is 0 Å².